The van der Waals surface area contributed by atoms with Crippen molar-refractivity contribution in [3.63, 3.8) is 0 Å². The van der Waals surface area contributed by atoms with Crippen LogP contribution in [0.5, 0.6) is 5.75 Å². The minimum Gasteiger partial charge on any atom is -0.496 e. The predicted molar refractivity (Wildman–Crippen MR) is 127 cm³/mol. The molecule has 3 rings (SSSR count). The lowest BCUT2D eigenvalue weighted by Gasteiger charge is -2.13. The Hall–Kier alpha value is -4.53. The largest absolute Gasteiger partial charge is 0.496 e. The Bertz CT molecular complexity index is 1270. The highest BCUT2D eigenvalue weighted by atomic mass is 16.5. The minimum absolute atomic E-state index is 0.0961. The Morgan fingerprint density at radius 2 is 1.63 bits per heavy atom. The Morgan fingerprint density at radius 1 is 0.886 bits per heavy atom. The number of ether oxygens (including phenoxy) is 3. The van der Waals surface area contributed by atoms with Gasteiger partial charge in [-0.15, -0.1) is 0 Å². The van der Waals surface area contributed by atoms with Gasteiger partial charge in [-0.2, -0.15) is 0 Å². The fourth-order valence-corrected chi connectivity index (χ4v) is 3.43. The maximum atomic E-state index is 13.1. The van der Waals surface area contributed by atoms with Crippen LogP contribution in [0.15, 0.2) is 60.8 Å². The number of aromatic nitrogens is 1. The van der Waals surface area contributed by atoms with Crippen LogP contribution in [-0.2, 0) is 20.7 Å². The van der Waals surface area contributed by atoms with E-state index in [0.29, 0.717) is 29.0 Å². The first-order chi connectivity index (χ1) is 16.9. The van der Waals surface area contributed by atoms with Gasteiger partial charge in [0.2, 0.25) is 0 Å². The number of hydrogen-bond donors (Lipinski definition) is 1. The van der Waals surface area contributed by atoms with Crippen molar-refractivity contribution in [2.75, 3.05) is 26.6 Å². The SMILES string of the molecule is COC(=O)C(=O)c1ccccc1Nc1ncccc1C(=O)CCc1ccc(C(=O)OC)cc1OC. The molecule has 2 aromatic carbocycles. The van der Waals surface area contributed by atoms with Gasteiger partial charge in [0, 0.05) is 12.6 Å². The van der Waals surface area contributed by atoms with Crippen molar-refractivity contribution < 1.29 is 33.4 Å². The minimum atomic E-state index is -0.997. The van der Waals surface area contributed by atoms with Gasteiger partial charge in [0.1, 0.15) is 11.6 Å². The van der Waals surface area contributed by atoms with Crippen LogP contribution in [-0.4, -0.2) is 49.8 Å². The summed E-state index contributed by atoms with van der Waals surface area (Å²) in [5, 5.41) is 2.99. The average Bonchev–Trinajstić information content (AvgIpc) is 2.90. The van der Waals surface area contributed by atoms with Crippen LogP contribution < -0.4 is 10.1 Å². The lowest BCUT2D eigenvalue weighted by Crippen LogP contribution is -2.17. The molecule has 1 N–H and O–H groups in total. The number of pyridine rings is 1. The first-order valence-corrected chi connectivity index (χ1v) is 10.6. The van der Waals surface area contributed by atoms with E-state index < -0.39 is 17.7 Å². The molecule has 0 saturated carbocycles. The number of Topliss-reactive ketones (excluding diaryl/α,β-unsaturated/α-hetero) is 2. The molecule has 180 valence electrons. The Kier molecular flexibility index (Phi) is 8.29. The van der Waals surface area contributed by atoms with Crippen LogP contribution in [0.25, 0.3) is 0 Å². The summed E-state index contributed by atoms with van der Waals surface area (Å²) in [5.74, 6) is -1.78. The van der Waals surface area contributed by atoms with Crippen LogP contribution in [0.3, 0.4) is 0 Å². The molecule has 3 aromatic rings. The zero-order valence-electron chi connectivity index (χ0n) is 19.5. The summed E-state index contributed by atoms with van der Waals surface area (Å²) < 4.78 is 14.6. The lowest BCUT2D eigenvalue weighted by molar-refractivity contribution is -0.135. The van der Waals surface area contributed by atoms with Gasteiger partial charge in [0.05, 0.1) is 43.7 Å². The first-order valence-electron chi connectivity index (χ1n) is 10.6. The number of aryl methyl sites for hydroxylation is 1. The van der Waals surface area contributed by atoms with Gasteiger partial charge in [-0.25, -0.2) is 14.6 Å². The quantitative estimate of drug-likeness (QED) is 0.265. The van der Waals surface area contributed by atoms with Crippen molar-refractivity contribution in [3.05, 3.63) is 83.0 Å². The molecule has 0 bridgehead atoms. The molecule has 9 nitrogen and oxygen atoms in total. The number of esters is 2. The molecule has 0 aliphatic heterocycles. The molecule has 0 aliphatic rings. The smallest absolute Gasteiger partial charge is 0.379 e. The zero-order chi connectivity index (χ0) is 25.4. The monoisotopic (exact) mass is 476 g/mol. The van der Waals surface area contributed by atoms with E-state index in [-0.39, 0.29) is 23.6 Å². The highest BCUT2D eigenvalue weighted by Crippen LogP contribution is 2.26. The summed E-state index contributed by atoms with van der Waals surface area (Å²) >= 11 is 0. The number of hydrogen-bond acceptors (Lipinski definition) is 9. The Labute approximate surface area is 202 Å². The maximum absolute atomic E-state index is 13.1. The normalized spacial score (nSPS) is 10.3. The molecular formula is C26H24N2O7. The molecule has 0 fully saturated rings. The van der Waals surface area contributed by atoms with Crippen LogP contribution in [0.2, 0.25) is 0 Å². The molecule has 35 heavy (non-hydrogen) atoms. The number of ketones is 2. The summed E-state index contributed by atoms with van der Waals surface area (Å²) in [6, 6.07) is 14.5. The van der Waals surface area contributed by atoms with E-state index in [1.807, 2.05) is 0 Å². The van der Waals surface area contributed by atoms with Gasteiger partial charge < -0.3 is 19.5 Å². The second-order valence-corrected chi connectivity index (χ2v) is 7.33. The average molecular weight is 476 g/mol. The number of rotatable bonds is 10. The second-order valence-electron chi connectivity index (χ2n) is 7.33. The van der Waals surface area contributed by atoms with Crippen molar-refractivity contribution >= 4 is 35.0 Å². The highest BCUT2D eigenvalue weighted by molar-refractivity contribution is 6.41. The van der Waals surface area contributed by atoms with E-state index in [2.05, 4.69) is 15.0 Å². The topological polar surface area (TPSA) is 121 Å². The summed E-state index contributed by atoms with van der Waals surface area (Å²) in [6.07, 6.45) is 2.00. The zero-order valence-corrected chi connectivity index (χ0v) is 19.5. The fraction of sp³-hybridized carbons (Fsp3) is 0.192. The number of carbonyl (C=O) groups is 4. The number of nitrogens with zero attached hydrogens (tertiary/aromatic N) is 1. The predicted octanol–water partition coefficient (Wildman–Crippen LogP) is 3.79. The van der Waals surface area contributed by atoms with Crippen molar-refractivity contribution in [2.24, 2.45) is 0 Å². The molecule has 9 heteroatoms. The van der Waals surface area contributed by atoms with Crippen LogP contribution in [0, 0.1) is 0 Å². The molecule has 0 radical (unpaired) electrons. The molecule has 0 atom stereocenters. The van der Waals surface area contributed by atoms with E-state index in [1.165, 1.54) is 26.5 Å². The number of carbonyl (C=O) groups excluding carboxylic acids is 4. The molecule has 1 heterocycles. The molecule has 1 aromatic heterocycles. The van der Waals surface area contributed by atoms with Gasteiger partial charge in [-0.1, -0.05) is 18.2 Å². The van der Waals surface area contributed by atoms with E-state index >= 15 is 0 Å². The van der Waals surface area contributed by atoms with Gasteiger partial charge in [0.15, 0.2) is 5.78 Å². The molecule has 0 aliphatic carbocycles. The Balaban J connectivity index is 1.81. The molecule has 0 saturated heterocycles. The van der Waals surface area contributed by atoms with Gasteiger partial charge in [-0.05, 0) is 48.4 Å². The van der Waals surface area contributed by atoms with Crippen molar-refractivity contribution in [1.29, 1.82) is 0 Å². The molecule has 0 amide bonds. The molecule has 0 unspecified atom stereocenters. The number of methoxy groups -OCH3 is 3. The third-order valence-electron chi connectivity index (χ3n) is 5.23. The van der Waals surface area contributed by atoms with Crippen LogP contribution in [0.1, 0.15) is 43.1 Å². The highest BCUT2D eigenvalue weighted by Gasteiger charge is 2.21. The van der Waals surface area contributed by atoms with Crippen molar-refractivity contribution in [1.82, 2.24) is 4.98 Å². The summed E-state index contributed by atoms with van der Waals surface area (Å²) in [4.78, 5) is 53.2. The van der Waals surface area contributed by atoms with E-state index in [1.54, 1.807) is 48.5 Å². The number of para-hydroxylation sites is 1. The third-order valence-corrected chi connectivity index (χ3v) is 5.23. The standard InChI is InChI=1S/C26H24N2O7/c1-33-22-15-17(25(31)34-2)11-10-16(22)12-13-21(29)19-8-6-14-27-24(19)28-20-9-5-4-7-18(20)23(30)26(32)35-3/h4-11,14-15H,12-13H2,1-3H3,(H,27,28). The van der Waals surface area contributed by atoms with Crippen LogP contribution >= 0.6 is 0 Å². The summed E-state index contributed by atoms with van der Waals surface area (Å²) in [7, 11) is 3.91. The number of anilines is 2. The number of nitrogens with one attached hydrogen (secondary N) is 1. The Morgan fingerprint density at radius 3 is 2.34 bits per heavy atom. The van der Waals surface area contributed by atoms with Gasteiger partial charge in [0.25, 0.3) is 5.78 Å². The lowest BCUT2D eigenvalue weighted by atomic mass is 10.0. The van der Waals surface area contributed by atoms with Gasteiger partial charge >= 0.3 is 11.9 Å². The van der Waals surface area contributed by atoms with Crippen molar-refractivity contribution in [2.45, 2.75) is 12.8 Å². The molecule has 0 spiro atoms. The van der Waals surface area contributed by atoms with Crippen molar-refractivity contribution in [3.8, 4) is 5.75 Å². The fourth-order valence-electron chi connectivity index (χ4n) is 3.43. The van der Waals surface area contributed by atoms with E-state index in [4.69, 9.17) is 9.47 Å². The summed E-state index contributed by atoms with van der Waals surface area (Å²) in [6.45, 7) is 0. The summed E-state index contributed by atoms with van der Waals surface area (Å²) in [5.41, 5.74) is 1.83. The third kappa shape index (κ3) is 5.89. The van der Waals surface area contributed by atoms with Gasteiger partial charge in [-0.3, -0.25) is 9.59 Å². The first kappa shape index (κ1) is 25.1. The van der Waals surface area contributed by atoms with E-state index in [9.17, 15) is 19.2 Å². The maximum Gasteiger partial charge on any atom is 0.379 e. The number of benzene rings is 2. The second kappa shape index (κ2) is 11.6. The van der Waals surface area contributed by atoms with Crippen LogP contribution in [0.4, 0.5) is 11.5 Å². The molecular weight excluding hydrogens is 452 g/mol. The van der Waals surface area contributed by atoms with E-state index in [0.717, 1.165) is 12.7 Å².